The molecule has 82 valence electrons. The number of carbonyl (C=O) groups is 2. The number of carbonyl (C=O) groups excluding carboxylic acids is 2. The van der Waals surface area contributed by atoms with Crippen LogP contribution in [0.4, 0.5) is 0 Å². The van der Waals surface area contributed by atoms with E-state index in [0.717, 1.165) is 12.8 Å². The third-order valence-electron chi connectivity index (χ3n) is 2.91. The molecule has 1 N–H and O–H groups in total. The lowest BCUT2D eigenvalue weighted by Crippen LogP contribution is -2.42. The normalized spacial score (nSPS) is 28.3. The Bertz CT molecular complexity index is 310. The Morgan fingerprint density at radius 2 is 2.20 bits per heavy atom. The second kappa shape index (κ2) is 3.77. The maximum Gasteiger partial charge on any atom is 0.247 e. The standard InChI is InChI=1S/C11H16N2O2/c1-3-7(2)12-9-6-10(14)13(11(9)15)8-4-5-8/h3,7-9,12H,1,4-6H2,2H3. The van der Waals surface area contributed by atoms with Crippen molar-refractivity contribution in [3.05, 3.63) is 12.7 Å². The third kappa shape index (κ3) is 1.95. The van der Waals surface area contributed by atoms with Gasteiger partial charge in [-0.25, -0.2) is 0 Å². The van der Waals surface area contributed by atoms with Crippen LogP contribution >= 0.6 is 0 Å². The van der Waals surface area contributed by atoms with Crippen LogP contribution in [0.15, 0.2) is 12.7 Å². The SMILES string of the molecule is C=CC(C)NC1CC(=O)N(C2CC2)C1=O. The number of likely N-dealkylation sites (tertiary alicyclic amines) is 1. The lowest BCUT2D eigenvalue weighted by atomic mass is 10.2. The first-order valence-electron chi connectivity index (χ1n) is 5.38. The number of amides is 2. The van der Waals surface area contributed by atoms with Gasteiger partial charge in [0.05, 0.1) is 12.5 Å². The largest absolute Gasteiger partial charge is 0.299 e. The van der Waals surface area contributed by atoms with E-state index in [0.29, 0.717) is 6.42 Å². The van der Waals surface area contributed by atoms with E-state index in [9.17, 15) is 9.59 Å². The zero-order valence-electron chi connectivity index (χ0n) is 8.90. The number of nitrogens with one attached hydrogen (secondary N) is 1. The summed E-state index contributed by atoms with van der Waals surface area (Å²) in [5, 5.41) is 3.09. The smallest absolute Gasteiger partial charge is 0.247 e. The average molecular weight is 208 g/mol. The average Bonchev–Trinajstić information content (AvgIpc) is 2.97. The van der Waals surface area contributed by atoms with Crippen LogP contribution in [0.5, 0.6) is 0 Å². The number of nitrogens with zero attached hydrogens (tertiary/aromatic N) is 1. The van der Waals surface area contributed by atoms with Crippen LogP contribution < -0.4 is 5.32 Å². The Morgan fingerprint density at radius 1 is 1.53 bits per heavy atom. The van der Waals surface area contributed by atoms with Crippen molar-refractivity contribution in [2.75, 3.05) is 0 Å². The van der Waals surface area contributed by atoms with E-state index in [1.54, 1.807) is 6.08 Å². The number of hydrogen-bond acceptors (Lipinski definition) is 3. The maximum absolute atomic E-state index is 11.9. The van der Waals surface area contributed by atoms with Crippen LogP contribution in [0.2, 0.25) is 0 Å². The molecular formula is C11H16N2O2. The van der Waals surface area contributed by atoms with Crippen LogP contribution in [0.3, 0.4) is 0 Å². The molecule has 0 aromatic heterocycles. The first-order chi connectivity index (χ1) is 7.13. The second-order valence-electron chi connectivity index (χ2n) is 4.28. The Hall–Kier alpha value is -1.16. The molecule has 0 aromatic carbocycles. The molecule has 0 aromatic rings. The van der Waals surface area contributed by atoms with E-state index >= 15 is 0 Å². The lowest BCUT2D eigenvalue weighted by Gasteiger charge is -2.16. The van der Waals surface area contributed by atoms with Crippen molar-refractivity contribution >= 4 is 11.8 Å². The summed E-state index contributed by atoms with van der Waals surface area (Å²) in [7, 11) is 0. The molecule has 1 saturated heterocycles. The minimum Gasteiger partial charge on any atom is -0.299 e. The Balaban J connectivity index is 2.01. The summed E-state index contributed by atoms with van der Waals surface area (Å²) < 4.78 is 0. The summed E-state index contributed by atoms with van der Waals surface area (Å²) in [5.74, 6) is -0.0903. The first-order valence-corrected chi connectivity index (χ1v) is 5.38. The molecule has 2 amide bonds. The topological polar surface area (TPSA) is 49.4 Å². The Morgan fingerprint density at radius 3 is 2.73 bits per heavy atom. The Kier molecular flexibility index (Phi) is 2.61. The van der Waals surface area contributed by atoms with Gasteiger partial charge < -0.3 is 0 Å². The molecule has 1 saturated carbocycles. The molecule has 4 heteroatoms. The number of imide groups is 1. The van der Waals surface area contributed by atoms with Crippen molar-refractivity contribution in [2.24, 2.45) is 0 Å². The summed E-state index contributed by atoms with van der Waals surface area (Å²) >= 11 is 0. The number of hydrogen-bond donors (Lipinski definition) is 1. The fourth-order valence-electron chi connectivity index (χ4n) is 1.88. The molecule has 2 fully saturated rings. The van der Waals surface area contributed by atoms with E-state index in [2.05, 4.69) is 11.9 Å². The van der Waals surface area contributed by atoms with Gasteiger partial charge in [-0.05, 0) is 19.8 Å². The molecule has 2 atom stereocenters. The van der Waals surface area contributed by atoms with Crippen molar-refractivity contribution in [2.45, 2.75) is 44.3 Å². The summed E-state index contributed by atoms with van der Waals surface area (Å²) in [4.78, 5) is 24.9. The van der Waals surface area contributed by atoms with Crippen LogP contribution in [-0.2, 0) is 9.59 Å². The predicted octanol–water partition coefficient (Wildman–Crippen LogP) is 0.440. The third-order valence-corrected chi connectivity index (χ3v) is 2.91. The van der Waals surface area contributed by atoms with Gasteiger partial charge in [0.25, 0.3) is 0 Å². The molecule has 2 aliphatic rings. The highest BCUT2D eigenvalue weighted by Gasteiger charge is 2.45. The quantitative estimate of drug-likeness (QED) is 0.539. The van der Waals surface area contributed by atoms with Gasteiger partial charge in [0.2, 0.25) is 11.8 Å². The molecule has 1 aliphatic heterocycles. The summed E-state index contributed by atoms with van der Waals surface area (Å²) in [6.07, 6.45) is 3.98. The van der Waals surface area contributed by atoms with Gasteiger partial charge in [-0.1, -0.05) is 6.08 Å². The summed E-state index contributed by atoms with van der Waals surface area (Å²) in [6, 6.07) is -0.0900. The highest BCUT2D eigenvalue weighted by molar-refractivity contribution is 6.06. The minimum atomic E-state index is -0.342. The van der Waals surface area contributed by atoms with E-state index < -0.39 is 0 Å². The minimum absolute atomic E-state index is 0.0312. The molecule has 1 heterocycles. The monoisotopic (exact) mass is 208 g/mol. The van der Waals surface area contributed by atoms with E-state index in [1.807, 2.05) is 6.92 Å². The second-order valence-corrected chi connectivity index (χ2v) is 4.28. The Labute approximate surface area is 89.3 Å². The van der Waals surface area contributed by atoms with Gasteiger partial charge in [0.1, 0.15) is 0 Å². The van der Waals surface area contributed by atoms with Crippen molar-refractivity contribution < 1.29 is 9.59 Å². The van der Waals surface area contributed by atoms with Crippen LogP contribution in [0.1, 0.15) is 26.2 Å². The maximum atomic E-state index is 11.9. The van der Waals surface area contributed by atoms with Crippen LogP contribution in [-0.4, -0.2) is 34.8 Å². The molecule has 1 aliphatic carbocycles. The van der Waals surface area contributed by atoms with Crippen LogP contribution in [0, 0.1) is 0 Å². The van der Waals surface area contributed by atoms with Gasteiger partial charge in [0, 0.05) is 12.1 Å². The number of rotatable bonds is 4. The summed E-state index contributed by atoms with van der Waals surface area (Å²) in [5.41, 5.74) is 0. The molecule has 15 heavy (non-hydrogen) atoms. The highest BCUT2D eigenvalue weighted by Crippen LogP contribution is 2.31. The van der Waals surface area contributed by atoms with Crippen LogP contribution in [0.25, 0.3) is 0 Å². The fourth-order valence-corrected chi connectivity index (χ4v) is 1.88. The molecule has 0 bridgehead atoms. The van der Waals surface area contributed by atoms with E-state index in [1.165, 1.54) is 4.90 Å². The molecular weight excluding hydrogens is 192 g/mol. The van der Waals surface area contributed by atoms with Gasteiger partial charge in [-0.2, -0.15) is 0 Å². The summed E-state index contributed by atoms with van der Waals surface area (Å²) in [6.45, 7) is 5.56. The molecule has 2 unspecified atom stereocenters. The zero-order valence-corrected chi connectivity index (χ0v) is 8.90. The molecule has 0 spiro atoms. The van der Waals surface area contributed by atoms with Crippen molar-refractivity contribution in [1.29, 1.82) is 0 Å². The van der Waals surface area contributed by atoms with E-state index in [4.69, 9.17) is 0 Å². The predicted molar refractivity (Wildman–Crippen MR) is 56.1 cm³/mol. The first kappa shape index (κ1) is 10.4. The highest BCUT2D eigenvalue weighted by atomic mass is 16.2. The van der Waals surface area contributed by atoms with Crippen molar-refractivity contribution in [1.82, 2.24) is 10.2 Å². The fraction of sp³-hybridized carbons (Fsp3) is 0.636. The lowest BCUT2D eigenvalue weighted by molar-refractivity contribution is -0.139. The van der Waals surface area contributed by atoms with Gasteiger partial charge in [-0.3, -0.25) is 19.8 Å². The van der Waals surface area contributed by atoms with Crippen molar-refractivity contribution in [3.8, 4) is 0 Å². The zero-order chi connectivity index (χ0) is 11.0. The van der Waals surface area contributed by atoms with E-state index in [-0.39, 0.29) is 29.9 Å². The van der Waals surface area contributed by atoms with Gasteiger partial charge >= 0.3 is 0 Å². The molecule has 0 radical (unpaired) electrons. The van der Waals surface area contributed by atoms with Crippen molar-refractivity contribution in [3.63, 3.8) is 0 Å². The molecule has 2 rings (SSSR count). The van der Waals surface area contributed by atoms with Gasteiger partial charge in [0.15, 0.2) is 0 Å². The molecule has 4 nitrogen and oxygen atoms in total. The van der Waals surface area contributed by atoms with Gasteiger partial charge in [-0.15, -0.1) is 6.58 Å².